The number of hydrogen-bond acceptors (Lipinski definition) is 3. The molecule has 6 heteroatoms. The van der Waals surface area contributed by atoms with Gasteiger partial charge in [0.1, 0.15) is 11.3 Å². The van der Waals surface area contributed by atoms with E-state index in [4.69, 9.17) is 4.42 Å². The molecule has 148 valence electrons. The standard InChI is InChI=1S/C23H23N3O3/c1-2-20-19(18-5-3-4-6-21(18)29-20)13-14-22(27)24-15-7-9-16(10-8-15)25-23(28)26-17-11-12-17/h3-10,13-14,17H,2,11-12H2,1H3,(H,24,27)(H2,25,26,28)/b14-13+. The lowest BCUT2D eigenvalue weighted by Gasteiger charge is -2.08. The van der Waals surface area contributed by atoms with Crippen LogP contribution in [-0.4, -0.2) is 18.0 Å². The van der Waals surface area contributed by atoms with E-state index in [0.29, 0.717) is 17.4 Å². The first-order chi connectivity index (χ1) is 14.1. The Labute approximate surface area is 169 Å². The summed E-state index contributed by atoms with van der Waals surface area (Å²) in [5.41, 5.74) is 3.08. The summed E-state index contributed by atoms with van der Waals surface area (Å²) in [6, 6.07) is 14.9. The van der Waals surface area contributed by atoms with E-state index in [2.05, 4.69) is 16.0 Å². The van der Waals surface area contributed by atoms with E-state index < -0.39 is 0 Å². The topological polar surface area (TPSA) is 83.4 Å². The molecule has 3 N–H and O–H groups in total. The highest BCUT2D eigenvalue weighted by molar-refractivity contribution is 6.03. The van der Waals surface area contributed by atoms with E-state index in [1.54, 1.807) is 30.3 Å². The monoisotopic (exact) mass is 389 g/mol. The second-order valence-corrected chi connectivity index (χ2v) is 7.06. The zero-order valence-corrected chi connectivity index (χ0v) is 16.2. The van der Waals surface area contributed by atoms with E-state index in [9.17, 15) is 9.59 Å². The number of urea groups is 1. The number of hydrogen-bond donors (Lipinski definition) is 3. The van der Waals surface area contributed by atoms with Crippen molar-refractivity contribution in [2.45, 2.75) is 32.2 Å². The Bertz CT molecular complexity index is 1060. The Morgan fingerprint density at radius 3 is 2.41 bits per heavy atom. The fourth-order valence-electron chi connectivity index (χ4n) is 3.12. The van der Waals surface area contributed by atoms with Crippen molar-refractivity contribution in [3.63, 3.8) is 0 Å². The molecule has 0 bridgehead atoms. The van der Waals surface area contributed by atoms with Gasteiger partial charge in [-0.15, -0.1) is 0 Å². The maximum absolute atomic E-state index is 12.3. The number of carbonyl (C=O) groups is 2. The Morgan fingerprint density at radius 2 is 1.72 bits per heavy atom. The summed E-state index contributed by atoms with van der Waals surface area (Å²) in [6.45, 7) is 2.02. The molecule has 3 aromatic rings. The molecule has 3 amide bonds. The molecule has 1 heterocycles. The minimum Gasteiger partial charge on any atom is -0.460 e. The van der Waals surface area contributed by atoms with Crippen LogP contribution < -0.4 is 16.0 Å². The van der Waals surface area contributed by atoms with Crippen LogP contribution in [0.25, 0.3) is 17.0 Å². The molecule has 0 saturated heterocycles. The smallest absolute Gasteiger partial charge is 0.319 e. The molecule has 0 radical (unpaired) electrons. The zero-order chi connectivity index (χ0) is 20.2. The third-order valence-electron chi connectivity index (χ3n) is 4.76. The highest BCUT2D eigenvalue weighted by atomic mass is 16.3. The van der Waals surface area contributed by atoms with Gasteiger partial charge in [0, 0.05) is 40.9 Å². The van der Waals surface area contributed by atoms with Crippen molar-refractivity contribution in [3.05, 3.63) is 65.9 Å². The van der Waals surface area contributed by atoms with Crippen molar-refractivity contribution in [3.8, 4) is 0 Å². The number of benzene rings is 2. The lowest BCUT2D eigenvalue weighted by molar-refractivity contribution is -0.111. The quantitative estimate of drug-likeness (QED) is 0.523. The molecule has 0 aliphatic heterocycles. The average molecular weight is 389 g/mol. The van der Waals surface area contributed by atoms with Crippen LogP contribution >= 0.6 is 0 Å². The summed E-state index contributed by atoms with van der Waals surface area (Å²) in [4.78, 5) is 24.1. The molecule has 4 rings (SSSR count). The third-order valence-corrected chi connectivity index (χ3v) is 4.76. The normalized spacial score (nSPS) is 13.6. The molecule has 1 aliphatic carbocycles. The lowest BCUT2D eigenvalue weighted by Crippen LogP contribution is -2.30. The third kappa shape index (κ3) is 4.66. The van der Waals surface area contributed by atoms with Crippen LogP contribution in [0.4, 0.5) is 16.2 Å². The molecule has 29 heavy (non-hydrogen) atoms. The van der Waals surface area contributed by atoms with E-state index in [1.165, 1.54) is 6.08 Å². The number of amides is 3. The van der Waals surface area contributed by atoms with Crippen LogP contribution in [0.15, 0.2) is 59.0 Å². The lowest BCUT2D eigenvalue weighted by atomic mass is 10.1. The van der Waals surface area contributed by atoms with Crippen LogP contribution in [0.5, 0.6) is 0 Å². The number of fused-ring (bicyclic) bond motifs is 1. The van der Waals surface area contributed by atoms with Crippen molar-refractivity contribution in [1.29, 1.82) is 0 Å². The molecule has 6 nitrogen and oxygen atoms in total. The van der Waals surface area contributed by atoms with Gasteiger partial charge in [-0.25, -0.2) is 4.79 Å². The van der Waals surface area contributed by atoms with Gasteiger partial charge >= 0.3 is 6.03 Å². The predicted octanol–water partition coefficient (Wildman–Crippen LogP) is 4.93. The number of nitrogens with one attached hydrogen (secondary N) is 3. The van der Waals surface area contributed by atoms with Gasteiger partial charge < -0.3 is 20.4 Å². The van der Waals surface area contributed by atoms with E-state index in [1.807, 2.05) is 31.2 Å². The number of rotatable bonds is 6. The number of carbonyl (C=O) groups excluding carboxylic acids is 2. The van der Waals surface area contributed by atoms with Crippen molar-refractivity contribution in [2.24, 2.45) is 0 Å². The molecule has 2 aromatic carbocycles. The Hall–Kier alpha value is -3.54. The average Bonchev–Trinajstić information content (AvgIpc) is 3.45. The van der Waals surface area contributed by atoms with Gasteiger partial charge in [0.25, 0.3) is 0 Å². The van der Waals surface area contributed by atoms with Gasteiger partial charge in [-0.2, -0.15) is 0 Å². The summed E-state index contributed by atoms with van der Waals surface area (Å²) < 4.78 is 5.85. The summed E-state index contributed by atoms with van der Waals surface area (Å²) in [7, 11) is 0. The zero-order valence-electron chi connectivity index (χ0n) is 16.2. The fourth-order valence-corrected chi connectivity index (χ4v) is 3.12. The van der Waals surface area contributed by atoms with Crippen LogP contribution in [0.1, 0.15) is 31.1 Å². The first-order valence-corrected chi connectivity index (χ1v) is 9.79. The molecule has 1 fully saturated rings. The second-order valence-electron chi connectivity index (χ2n) is 7.06. The number of aryl methyl sites for hydroxylation is 1. The largest absolute Gasteiger partial charge is 0.460 e. The summed E-state index contributed by atoms with van der Waals surface area (Å²) in [5, 5.41) is 9.47. The SMILES string of the molecule is CCc1oc2ccccc2c1/C=C/C(=O)Nc1ccc(NC(=O)NC2CC2)cc1. The molecule has 1 aliphatic rings. The van der Waals surface area contributed by atoms with Crippen LogP contribution in [-0.2, 0) is 11.2 Å². The van der Waals surface area contributed by atoms with Gasteiger partial charge in [-0.1, -0.05) is 25.1 Å². The van der Waals surface area contributed by atoms with Gasteiger partial charge in [-0.3, -0.25) is 4.79 Å². The Balaban J connectivity index is 1.39. The van der Waals surface area contributed by atoms with Crippen molar-refractivity contribution in [2.75, 3.05) is 10.6 Å². The molecular formula is C23H23N3O3. The molecule has 0 atom stereocenters. The van der Waals surface area contributed by atoms with Gasteiger partial charge in [0.15, 0.2) is 0 Å². The summed E-state index contributed by atoms with van der Waals surface area (Å²) in [6.07, 6.45) is 6.13. The van der Waals surface area contributed by atoms with E-state index in [0.717, 1.165) is 41.6 Å². The van der Waals surface area contributed by atoms with E-state index in [-0.39, 0.29) is 11.9 Å². The number of para-hydroxylation sites is 1. The molecule has 1 aromatic heterocycles. The molecule has 1 saturated carbocycles. The predicted molar refractivity (Wildman–Crippen MR) is 115 cm³/mol. The number of anilines is 2. The first kappa shape index (κ1) is 18.8. The van der Waals surface area contributed by atoms with Crippen LogP contribution in [0, 0.1) is 0 Å². The second kappa shape index (κ2) is 8.22. The van der Waals surface area contributed by atoms with Crippen LogP contribution in [0.3, 0.4) is 0 Å². The first-order valence-electron chi connectivity index (χ1n) is 9.79. The van der Waals surface area contributed by atoms with Gasteiger partial charge in [0.05, 0.1) is 0 Å². The Morgan fingerprint density at radius 1 is 1.03 bits per heavy atom. The minimum absolute atomic E-state index is 0.203. The molecule has 0 spiro atoms. The number of furan rings is 1. The van der Waals surface area contributed by atoms with Crippen molar-refractivity contribution < 1.29 is 14.0 Å². The van der Waals surface area contributed by atoms with E-state index >= 15 is 0 Å². The molecular weight excluding hydrogens is 366 g/mol. The highest BCUT2D eigenvalue weighted by Gasteiger charge is 2.23. The summed E-state index contributed by atoms with van der Waals surface area (Å²) in [5.74, 6) is 0.625. The molecule has 0 unspecified atom stereocenters. The highest BCUT2D eigenvalue weighted by Crippen LogP contribution is 2.27. The Kier molecular flexibility index (Phi) is 5.33. The maximum Gasteiger partial charge on any atom is 0.319 e. The van der Waals surface area contributed by atoms with Gasteiger partial charge in [-0.05, 0) is 49.2 Å². The minimum atomic E-state index is -0.232. The van der Waals surface area contributed by atoms with Crippen molar-refractivity contribution in [1.82, 2.24) is 5.32 Å². The maximum atomic E-state index is 12.3. The van der Waals surface area contributed by atoms with Crippen LogP contribution in [0.2, 0.25) is 0 Å². The summed E-state index contributed by atoms with van der Waals surface area (Å²) >= 11 is 0. The fraction of sp³-hybridized carbons (Fsp3) is 0.217. The van der Waals surface area contributed by atoms with Crippen molar-refractivity contribution >= 4 is 40.4 Å². The van der Waals surface area contributed by atoms with Gasteiger partial charge in [0.2, 0.25) is 5.91 Å².